The van der Waals surface area contributed by atoms with Crippen LogP contribution in [0.15, 0.2) is 46.8 Å². The first-order valence-electron chi connectivity index (χ1n) is 10.6. The lowest BCUT2D eigenvalue weighted by atomic mass is 10.1. The Morgan fingerprint density at radius 3 is 2.93 bits per heavy atom. The number of nitrogens with one attached hydrogen (secondary N) is 2. The lowest BCUT2D eigenvalue weighted by molar-refractivity contribution is 0.150. The molecular weight excluding hydrogens is 366 g/mol. The van der Waals surface area contributed by atoms with E-state index in [-0.39, 0.29) is 6.04 Å². The molecule has 29 heavy (non-hydrogen) atoms. The Labute approximate surface area is 173 Å². The number of rotatable bonds is 10. The highest BCUT2D eigenvalue weighted by Crippen LogP contribution is 2.25. The number of aromatic nitrogens is 3. The number of aliphatic imine (C=N–C) groups is 1. The Kier molecular flexibility index (Phi) is 8.30. The first-order chi connectivity index (χ1) is 14.3. The third kappa shape index (κ3) is 6.19. The zero-order valence-corrected chi connectivity index (χ0v) is 17.4. The molecule has 158 valence electrons. The minimum atomic E-state index is 0.164. The Morgan fingerprint density at radius 1 is 1.34 bits per heavy atom. The van der Waals surface area contributed by atoms with Gasteiger partial charge in [-0.1, -0.05) is 19.4 Å². The molecule has 0 amide bonds. The van der Waals surface area contributed by atoms with E-state index in [1.54, 1.807) is 12.6 Å². The third-order valence-electron chi connectivity index (χ3n) is 5.20. The van der Waals surface area contributed by atoms with Crippen LogP contribution in [0.3, 0.4) is 0 Å². The number of aryl methyl sites for hydroxylation is 1. The van der Waals surface area contributed by atoms with Crippen LogP contribution in [-0.2, 0) is 13.0 Å². The molecule has 2 aromatic heterocycles. The minimum absolute atomic E-state index is 0.164. The highest BCUT2D eigenvalue weighted by Gasteiger charge is 2.24. The lowest BCUT2D eigenvalue weighted by Crippen LogP contribution is -2.40. The topological polar surface area (TPSA) is 83.5 Å². The molecule has 8 nitrogen and oxygen atoms in total. The van der Waals surface area contributed by atoms with Crippen molar-refractivity contribution in [3.8, 4) is 0 Å². The van der Waals surface area contributed by atoms with Crippen LogP contribution >= 0.6 is 0 Å². The quantitative estimate of drug-likeness (QED) is 0.363. The molecule has 1 atom stereocenters. The number of hydrogen-bond donors (Lipinski definition) is 2. The van der Waals surface area contributed by atoms with Gasteiger partial charge in [0.1, 0.15) is 17.9 Å². The number of guanidine groups is 1. The number of furan rings is 1. The molecule has 8 heteroatoms. The molecule has 3 heterocycles. The van der Waals surface area contributed by atoms with Crippen molar-refractivity contribution in [1.29, 1.82) is 0 Å². The Balaban J connectivity index is 1.62. The van der Waals surface area contributed by atoms with E-state index in [9.17, 15) is 0 Å². The van der Waals surface area contributed by atoms with Gasteiger partial charge in [0.05, 0.1) is 18.8 Å². The first-order valence-corrected chi connectivity index (χ1v) is 10.6. The zero-order valence-electron chi connectivity index (χ0n) is 17.4. The molecule has 0 aliphatic carbocycles. The minimum Gasteiger partial charge on any atom is -0.468 e. The summed E-state index contributed by atoms with van der Waals surface area (Å²) >= 11 is 0. The van der Waals surface area contributed by atoms with E-state index in [1.807, 2.05) is 12.1 Å². The van der Waals surface area contributed by atoms with Crippen molar-refractivity contribution in [1.82, 2.24) is 30.3 Å². The molecule has 1 fully saturated rings. The Hall–Kier alpha value is -2.61. The molecule has 1 aliphatic heterocycles. The van der Waals surface area contributed by atoms with E-state index in [2.05, 4.69) is 49.9 Å². The Bertz CT molecular complexity index is 747. The van der Waals surface area contributed by atoms with Gasteiger partial charge in [-0.25, -0.2) is 0 Å². The largest absolute Gasteiger partial charge is 0.468 e. The average molecular weight is 400 g/mol. The molecule has 2 N–H and O–H groups in total. The number of likely N-dealkylation sites (tertiary alicyclic amines) is 1. The summed E-state index contributed by atoms with van der Waals surface area (Å²) < 4.78 is 7.80. The predicted octanol–water partition coefficient (Wildman–Crippen LogP) is 2.38. The van der Waals surface area contributed by atoms with Crippen molar-refractivity contribution in [3.05, 3.63) is 49.0 Å². The average Bonchev–Trinajstić information content (AvgIpc) is 3.44. The fraction of sp³-hybridized carbons (Fsp3) is 0.571. The van der Waals surface area contributed by atoms with Crippen LogP contribution in [0.4, 0.5) is 0 Å². The van der Waals surface area contributed by atoms with Gasteiger partial charge < -0.3 is 19.6 Å². The first kappa shape index (κ1) is 21.1. The molecule has 0 bridgehead atoms. The van der Waals surface area contributed by atoms with Crippen LogP contribution in [0.2, 0.25) is 0 Å². The number of piperidine rings is 1. The van der Waals surface area contributed by atoms with Crippen molar-refractivity contribution in [2.24, 2.45) is 4.99 Å². The molecule has 0 radical (unpaired) electrons. The van der Waals surface area contributed by atoms with Crippen molar-refractivity contribution < 1.29 is 4.42 Å². The van der Waals surface area contributed by atoms with E-state index in [1.165, 1.54) is 19.3 Å². The van der Waals surface area contributed by atoms with Crippen molar-refractivity contribution in [3.63, 3.8) is 0 Å². The van der Waals surface area contributed by atoms with Gasteiger partial charge in [0.15, 0.2) is 5.96 Å². The van der Waals surface area contributed by atoms with Crippen molar-refractivity contribution in [2.45, 2.75) is 45.2 Å². The van der Waals surface area contributed by atoms with Gasteiger partial charge in [-0.2, -0.15) is 0 Å². The molecule has 0 spiro atoms. The highest BCUT2D eigenvalue weighted by atomic mass is 16.3. The third-order valence-corrected chi connectivity index (χ3v) is 5.20. The second-order valence-corrected chi connectivity index (χ2v) is 7.21. The van der Waals surface area contributed by atoms with Crippen LogP contribution < -0.4 is 10.6 Å². The fourth-order valence-corrected chi connectivity index (χ4v) is 3.65. The monoisotopic (exact) mass is 399 g/mol. The molecule has 0 aromatic carbocycles. The van der Waals surface area contributed by atoms with Crippen LogP contribution in [0, 0.1) is 0 Å². The maximum Gasteiger partial charge on any atom is 0.191 e. The summed E-state index contributed by atoms with van der Waals surface area (Å²) in [6, 6.07) is 4.17. The van der Waals surface area contributed by atoms with Gasteiger partial charge in [-0.05, 0) is 38.1 Å². The molecule has 3 rings (SSSR count). The van der Waals surface area contributed by atoms with Crippen LogP contribution in [0.5, 0.6) is 0 Å². The Morgan fingerprint density at radius 2 is 2.21 bits per heavy atom. The second-order valence-electron chi connectivity index (χ2n) is 7.21. The van der Waals surface area contributed by atoms with Crippen LogP contribution in [-0.4, -0.2) is 58.3 Å². The van der Waals surface area contributed by atoms with E-state index in [0.29, 0.717) is 13.1 Å². The summed E-state index contributed by atoms with van der Waals surface area (Å²) in [4.78, 5) is 7.35. The zero-order chi connectivity index (χ0) is 20.3. The molecule has 1 saturated heterocycles. The van der Waals surface area contributed by atoms with Gasteiger partial charge in [-0.15, -0.1) is 16.8 Å². The number of nitrogens with zero attached hydrogens (tertiary/aromatic N) is 5. The summed E-state index contributed by atoms with van der Waals surface area (Å²) in [6.45, 7) is 10.9. The molecule has 1 unspecified atom stereocenters. The van der Waals surface area contributed by atoms with E-state index < -0.39 is 0 Å². The van der Waals surface area contributed by atoms with Gasteiger partial charge in [0, 0.05) is 26.1 Å². The molecule has 0 saturated carbocycles. The summed E-state index contributed by atoms with van der Waals surface area (Å²) in [5.41, 5.74) is 0. The second kappa shape index (κ2) is 11.4. The van der Waals surface area contributed by atoms with Crippen molar-refractivity contribution >= 4 is 5.96 Å². The maximum absolute atomic E-state index is 5.73. The van der Waals surface area contributed by atoms with Gasteiger partial charge >= 0.3 is 0 Å². The van der Waals surface area contributed by atoms with Gasteiger partial charge in [0.2, 0.25) is 0 Å². The summed E-state index contributed by atoms with van der Waals surface area (Å²) in [6.07, 6.45) is 10.0. The number of hydrogen-bond acceptors (Lipinski definition) is 5. The van der Waals surface area contributed by atoms with Crippen LogP contribution in [0.1, 0.15) is 43.8 Å². The van der Waals surface area contributed by atoms with E-state index >= 15 is 0 Å². The smallest absolute Gasteiger partial charge is 0.191 e. The van der Waals surface area contributed by atoms with Gasteiger partial charge in [-0.3, -0.25) is 9.89 Å². The van der Waals surface area contributed by atoms with Gasteiger partial charge in [0.25, 0.3) is 0 Å². The predicted molar refractivity (Wildman–Crippen MR) is 115 cm³/mol. The maximum atomic E-state index is 5.73. The summed E-state index contributed by atoms with van der Waals surface area (Å²) in [7, 11) is 0. The van der Waals surface area contributed by atoms with E-state index in [0.717, 1.165) is 50.1 Å². The lowest BCUT2D eigenvalue weighted by Gasteiger charge is -2.32. The standard InChI is InChI=1S/C21H33N7O/c1-3-10-22-21(23-11-14-28-17-25-26-20(28)4-2)24-16-18(19-9-8-15-29-19)27-12-6-5-7-13-27/h3,8-9,15,17-18H,1,4-7,10-14,16H2,2H3,(H2,22,23,24). The normalized spacial score (nSPS) is 16.5. The van der Waals surface area contributed by atoms with Crippen molar-refractivity contribution in [2.75, 3.05) is 32.7 Å². The fourth-order valence-electron chi connectivity index (χ4n) is 3.65. The van der Waals surface area contributed by atoms with Crippen LogP contribution in [0.25, 0.3) is 0 Å². The molecule has 2 aromatic rings. The molecular formula is C21H33N7O. The summed E-state index contributed by atoms with van der Waals surface area (Å²) in [5, 5.41) is 14.8. The highest BCUT2D eigenvalue weighted by molar-refractivity contribution is 5.79. The summed E-state index contributed by atoms with van der Waals surface area (Å²) in [5.74, 6) is 2.76. The SMILES string of the molecule is C=CCNC(=NCC(c1ccco1)N1CCCCC1)NCCn1cnnc1CC. The van der Waals surface area contributed by atoms with E-state index in [4.69, 9.17) is 9.41 Å². The molecule has 1 aliphatic rings.